The van der Waals surface area contributed by atoms with E-state index in [9.17, 15) is 0 Å². The van der Waals surface area contributed by atoms with Crippen LogP contribution in [0, 0.1) is 6.92 Å². The Morgan fingerprint density at radius 2 is 2.19 bits per heavy atom. The number of nitrogens with one attached hydrogen (secondary N) is 1. The zero-order valence-corrected chi connectivity index (χ0v) is 10.3. The second-order valence-electron chi connectivity index (χ2n) is 4.12. The minimum Gasteiger partial charge on any atom is -0.496 e. The van der Waals surface area contributed by atoms with E-state index in [0.717, 1.165) is 18.7 Å². The van der Waals surface area contributed by atoms with Crippen molar-refractivity contribution in [1.82, 2.24) is 5.32 Å². The quantitative estimate of drug-likeness (QED) is 0.718. The Bertz CT molecular complexity index is 324. The van der Waals surface area contributed by atoms with E-state index in [2.05, 4.69) is 18.3 Å². The summed E-state index contributed by atoms with van der Waals surface area (Å²) in [7, 11) is 1.69. The number of hydrogen-bond acceptors (Lipinski definition) is 3. The molecular formula is C13H21NO2. The van der Waals surface area contributed by atoms with Gasteiger partial charge in [-0.05, 0) is 38.4 Å². The van der Waals surface area contributed by atoms with Crippen LogP contribution in [0.25, 0.3) is 0 Å². The van der Waals surface area contributed by atoms with Crippen LogP contribution in [0.4, 0.5) is 0 Å². The molecule has 2 N–H and O–H groups in total. The van der Waals surface area contributed by atoms with E-state index < -0.39 is 0 Å². The number of aryl methyl sites for hydroxylation is 1. The fourth-order valence-electron chi connectivity index (χ4n) is 1.64. The lowest BCUT2D eigenvalue weighted by Gasteiger charge is -2.11. The van der Waals surface area contributed by atoms with Gasteiger partial charge in [0.2, 0.25) is 0 Å². The van der Waals surface area contributed by atoms with Crippen LogP contribution in [0.1, 0.15) is 18.1 Å². The van der Waals surface area contributed by atoms with Crippen molar-refractivity contribution < 1.29 is 9.84 Å². The summed E-state index contributed by atoms with van der Waals surface area (Å²) in [6.45, 7) is 5.34. The van der Waals surface area contributed by atoms with Crippen LogP contribution in [0.15, 0.2) is 18.2 Å². The largest absolute Gasteiger partial charge is 0.496 e. The summed E-state index contributed by atoms with van der Waals surface area (Å²) in [6.07, 6.45) is 0.622. The molecular weight excluding hydrogens is 202 g/mol. The summed E-state index contributed by atoms with van der Waals surface area (Å²) in [5, 5.41) is 12.3. The van der Waals surface area contributed by atoms with Gasteiger partial charge in [-0.3, -0.25) is 0 Å². The van der Waals surface area contributed by atoms with Gasteiger partial charge in [0, 0.05) is 6.54 Å². The van der Waals surface area contributed by atoms with Gasteiger partial charge in [-0.2, -0.15) is 0 Å². The van der Waals surface area contributed by atoms with Crippen LogP contribution in [0.5, 0.6) is 5.75 Å². The zero-order valence-electron chi connectivity index (χ0n) is 10.3. The Kier molecular flexibility index (Phi) is 5.29. The number of benzene rings is 1. The van der Waals surface area contributed by atoms with Crippen LogP contribution < -0.4 is 10.1 Å². The summed E-state index contributed by atoms with van der Waals surface area (Å²) in [5.74, 6) is 0.935. The SMILES string of the molecule is COc1ccc(C)cc1CCNCC(C)O. The number of methoxy groups -OCH3 is 1. The minimum atomic E-state index is -0.292. The second kappa shape index (κ2) is 6.51. The molecule has 0 aliphatic rings. The summed E-state index contributed by atoms with van der Waals surface area (Å²) in [5.41, 5.74) is 2.45. The summed E-state index contributed by atoms with van der Waals surface area (Å²) in [6, 6.07) is 6.19. The molecule has 0 spiro atoms. The van der Waals surface area contributed by atoms with Crippen molar-refractivity contribution in [3.63, 3.8) is 0 Å². The van der Waals surface area contributed by atoms with E-state index in [1.54, 1.807) is 14.0 Å². The second-order valence-corrected chi connectivity index (χ2v) is 4.12. The van der Waals surface area contributed by atoms with Crippen molar-refractivity contribution in [2.45, 2.75) is 26.4 Å². The summed E-state index contributed by atoms with van der Waals surface area (Å²) >= 11 is 0. The van der Waals surface area contributed by atoms with Gasteiger partial charge in [0.15, 0.2) is 0 Å². The topological polar surface area (TPSA) is 41.5 Å². The predicted octanol–water partition coefficient (Wildman–Crippen LogP) is 1.52. The van der Waals surface area contributed by atoms with Gasteiger partial charge in [0.05, 0.1) is 13.2 Å². The average Bonchev–Trinajstić information content (AvgIpc) is 2.24. The Hall–Kier alpha value is -1.06. The molecule has 16 heavy (non-hydrogen) atoms. The lowest BCUT2D eigenvalue weighted by Crippen LogP contribution is -2.26. The Morgan fingerprint density at radius 3 is 2.81 bits per heavy atom. The molecule has 3 heteroatoms. The molecule has 0 saturated heterocycles. The third kappa shape index (κ3) is 4.21. The van der Waals surface area contributed by atoms with Crippen molar-refractivity contribution in [3.8, 4) is 5.75 Å². The molecule has 0 saturated carbocycles. The maximum absolute atomic E-state index is 9.11. The standard InChI is InChI=1S/C13H21NO2/c1-10-4-5-13(16-3)12(8-10)6-7-14-9-11(2)15/h4-5,8,11,14-15H,6-7,9H2,1-3H3. The molecule has 0 radical (unpaired) electrons. The molecule has 0 heterocycles. The number of hydrogen-bond donors (Lipinski definition) is 2. The highest BCUT2D eigenvalue weighted by Gasteiger charge is 2.03. The predicted molar refractivity (Wildman–Crippen MR) is 66.0 cm³/mol. The van der Waals surface area contributed by atoms with Gasteiger partial charge in [0.1, 0.15) is 5.75 Å². The van der Waals surface area contributed by atoms with Crippen LogP contribution in [-0.2, 0) is 6.42 Å². The van der Waals surface area contributed by atoms with Gasteiger partial charge in [-0.1, -0.05) is 17.7 Å². The molecule has 0 aliphatic carbocycles. The maximum atomic E-state index is 9.11. The number of aliphatic hydroxyl groups is 1. The highest BCUT2D eigenvalue weighted by atomic mass is 16.5. The fourth-order valence-corrected chi connectivity index (χ4v) is 1.64. The third-order valence-electron chi connectivity index (χ3n) is 2.45. The molecule has 1 atom stereocenters. The van der Waals surface area contributed by atoms with Crippen LogP contribution in [0.2, 0.25) is 0 Å². The fraction of sp³-hybridized carbons (Fsp3) is 0.538. The molecule has 0 aliphatic heterocycles. The van der Waals surface area contributed by atoms with Gasteiger partial charge in [0.25, 0.3) is 0 Å². The van der Waals surface area contributed by atoms with E-state index in [1.165, 1.54) is 11.1 Å². The lowest BCUT2D eigenvalue weighted by atomic mass is 10.1. The number of ether oxygens (including phenoxy) is 1. The highest BCUT2D eigenvalue weighted by Crippen LogP contribution is 2.19. The van der Waals surface area contributed by atoms with Crippen LogP contribution in [0.3, 0.4) is 0 Å². The summed E-state index contributed by atoms with van der Waals surface area (Å²) in [4.78, 5) is 0. The van der Waals surface area contributed by atoms with Crippen LogP contribution in [-0.4, -0.2) is 31.4 Å². The molecule has 0 amide bonds. The van der Waals surface area contributed by atoms with Gasteiger partial charge < -0.3 is 15.2 Å². The van der Waals surface area contributed by atoms with E-state index in [4.69, 9.17) is 9.84 Å². The average molecular weight is 223 g/mol. The molecule has 1 rings (SSSR count). The van der Waals surface area contributed by atoms with E-state index in [-0.39, 0.29) is 6.10 Å². The van der Waals surface area contributed by atoms with Crippen molar-refractivity contribution in [2.24, 2.45) is 0 Å². The number of aliphatic hydroxyl groups excluding tert-OH is 1. The minimum absolute atomic E-state index is 0.292. The van der Waals surface area contributed by atoms with E-state index in [0.29, 0.717) is 6.54 Å². The van der Waals surface area contributed by atoms with Gasteiger partial charge in [-0.15, -0.1) is 0 Å². The lowest BCUT2D eigenvalue weighted by molar-refractivity contribution is 0.191. The van der Waals surface area contributed by atoms with Crippen molar-refractivity contribution >= 4 is 0 Å². The van der Waals surface area contributed by atoms with E-state index >= 15 is 0 Å². The van der Waals surface area contributed by atoms with Crippen LogP contribution >= 0.6 is 0 Å². The first-order chi connectivity index (χ1) is 7.63. The Labute approximate surface area is 97.4 Å². The first kappa shape index (κ1) is 13.0. The Morgan fingerprint density at radius 1 is 1.44 bits per heavy atom. The van der Waals surface area contributed by atoms with Crippen molar-refractivity contribution in [1.29, 1.82) is 0 Å². The van der Waals surface area contributed by atoms with Gasteiger partial charge >= 0.3 is 0 Å². The Balaban J connectivity index is 2.48. The summed E-state index contributed by atoms with van der Waals surface area (Å²) < 4.78 is 5.30. The molecule has 0 fully saturated rings. The molecule has 1 unspecified atom stereocenters. The highest BCUT2D eigenvalue weighted by molar-refractivity contribution is 5.37. The molecule has 3 nitrogen and oxygen atoms in total. The molecule has 1 aromatic rings. The van der Waals surface area contributed by atoms with E-state index in [1.807, 2.05) is 12.1 Å². The molecule has 90 valence electrons. The first-order valence-electron chi connectivity index (χ1n) is 5.65. The molecule has 1 aromatic carbocycles. The molecule has 0 bridgehead atoms. The first-order valence-corrected chi connectivity index (χ1v) is 5.65. The monoisotopic (exact) mass is 223 g/mol. The van der Waals surface area contributed by atoms with Crippen molar-refractivity contribution in [3.05, 3.63) is 29.3 Å². The van der Waals surface area contributed by atoms with Gasteiger partial charge in [-0.25, -0.2) is 0 Å². The maximum Gasteiger partial charge on any atom is 0.122 e. The molecule has 0 aromatic heterocycles. The smallest absolute Gasteiger partial charge is 0.122 e. The third-order valence-corrected chi connectivity index (χ3v) is 2.45. The van der Waals surface area contributed by atoms with Crippen molar-refractivity contribution in [2.75, 3.05) is 20.2 Å². The number of rotatable bonds is 6. The normalized spacial score (nSPS) is 12.5. The zero-order chi connectivity index (χ0) is 12.0.